The van der Waals surface area contributed by atoms with E-state index in [0.717, 1.165) is 50.3 Å². The molecule has 9 rings (SSSR count). The lowest BCUT2D eigenvalue weighted by Crippen LogP contribution is -2.04. The number of nitrogens with zero attached hydrogens (tertiary/aromatic N) is 3. The van der Waals surface area contributed by atoms with Gasteiger partial charge in [0, 0.05) is 16.3 Å². The molecule has 0 atom stereocenters. The van der Waals surface area contributed by atoms with Gasteiger partial charge in [-0.2, -0.15) is 0 Å². The number of para-hydroxylation sites is 1. The zero-order valence-corrected chi connectivity index (χ0v) is 24.4. The van der Waals surface area contributed by atoms with Crippen molar-refractivity contribution >= 4 is 43.6 Å². The average Bonchev–Trinajstić information content (AvgIpc) is 3.43. The Morgan fingerprint density at radius 3 is 1.69 bits per heavy atom. The van der Waals surface area contributed by atoms with Crippen molar-refractivity contribution in [3.63, 3.8) is 0 Å². The molecule has 7 aromatic carbocycles. The van der Waals surface area contributed by atoms with Crippen LogP contribution in [0.5, 0.6) is 0 Å². The highest BCUT2D eigenvalue weighted by Crippen LogP contribution is 2.38. The second-order valence-electron chi connectivity index (χ2n) is 11.5. The topological polar surface area (TPSA) is 30.7 Å². The summed E-state index contributed by atoms with van der Waals surface area (Å²) >= 11 is 0. The summed E-state index contributed by atoms with van der Waals surface area (Å²) in [5.41, 5.74) is 10.5. The zero-order valence-electron chi connectivity index (χ0n) is 24.4. The second-order valence-corrected chi connectivity index (χ2v) is 11.5. The first-order valence-electron chi connectivity index (χ1n) is 15.3. The van der Waals surface area contributed by atoms with Crippen LogP contribution in [0, 0.1) is 0 Å². The molecular weight excluding hydrogens is 546 g/mol. The van der Waals surface area contributed by atoms with E-state index in [1.807, 2.05) is 12.1 Å². The highest BCUT2D eigenvalue weighted by Gasteiger charge is 2.20. The van der Waals surface area contributed by atoms with E-state index in [2.05, 4.69) is 156 Å². The minimum Gasteiger partial charge on any atom is -0.292 e. The summed E-state index contributed by atoms with van der Waals surface area (Å²) in [6, 6.07) is 57.8. The molecule has 45 heavy (non-hydrogen) atoms. The maximum absolute atomic E-state index is 5.44. The van der Waals surface area contributed by atoms with Gasteiger partial charge in [-0.15, -0.1) is 0 Å². The fourth-order valence-electron chi connectivity index (χ4n) is 6.54. The van der Waals surface area contributed by atoms with Crippen LogP contribution in [0.25, 0.3) is 82.9 Å². The molecule has 0 aliphatic carbocycles. The van der Waals surface area contributed by atoms with Gasteiger partial charge in [-0.25, -0.2) is 9.97 Å². The summed E-state index contributed by atoms with van der Waals surface area (Å²) in [6.07, 6.45) is 0. The molecule has 0 saturated carbocycles. The molecule has 0 aliphatic rings. The van der Waals surface area contributed by atoms with Crippen molar-refractivity contribution in [2.45, 2.75) is 0 Å². The SMILES string of the molecule is c1ccc(-c2ccc(-c3nc4ccc(-c5ccccc5)cc4nc3-n3c4ccccc4c4cc5ccccc5cc43)cc2)cc1. The van der Waals surface area contributed by atoms with E-state index in [1.54, 1.807) is 0 Å². The van der Waals surface area contributed by atoms with Crippen molar-refractivity contribution in [3.8, 4) is 39.3 Å². The molecule has 0 unspecified atom stereocenters. The maximum atomic E-state index is 5.44. The van der Waals surface area contributed by atoms with Crippen molar-refractivity contribution in [2.24, 2.45) is 0 Å². The smallest absolute Gasteiger partial charge is 0.165 e. The van der Waals surface area contributed by atoms with E-state index in [-0.39, 0.29) is 0 Å². The molecule has 0 spiro atoms. The molecule has 0 saturated heterocycles. The third-order valence-corrected chi connectivity index (χ3v) is 8.77. The molecule has 0 N–H and O–H groups in total. The molecule has 9 aromatic rings. The van der Waals surface area contributed by atoms with Crippen LogP contribution in [0.1, 0.15) is 0 Å². The van der Waals surface area contributed by atoms with E-state index < -0.39 is 0 Å². The summed E-state index contributed by atoms with van der Waals surface area (Å²) in [4.78, 5) is 10.8. The largest absolute Gasteiger partial charge is 0.292 e. The summed E-state index contributed by atoms with van der Waals surface area (Å²) < 4.78 is 2.30. The van der Waals surface area contributed by atoms with Gasteiger partial charge in [-0.3, -0.25) is 4.57 Å². The number of hydrogen-bond donors (Lipinski definition) is 0. The third kappa shape index (κ3) is 4.29. The Balaban J connectivity index is 1.34. The van der Waals surface area contributed by atoms with Gasteiger partial charge in [0.25, 0.3) is 0 Å². The van der Waals surface area contributed by atoms with Crippen LogP contribution in [-0.4, -0.2) is 14.5 Å². The molecule has 0 amide bonds. The van der Waals surface area contributed by atoms with E-state index in [4.69, 9.17) is 9.97 Å². The van der Waals surface area contributed by atoms with Crippen molar-refractivity contribution in [1.29, 1.82) is 0 Å². The predicted molar refractivity (Wildman–Crippen MR) is 188 cm³/mol. The van der Waals surface area contributed by atoms with Gasteiger partial charge in [0.05, 0.1) is 22.1 Å². The Kier molecular flexibility index (Phi) is 5.82. The van der Waals surface area contributed by atoms with Crippen LogP contribution in [0.2, 0.25) is 0 Å². The second kappa shape index (κ2) is 10.3. The van der Waals surface area contributed by atoms with Gasteiger partial charge in [-0.05, 0) is 63.4 Å². The predicted octanol–water partition coefficient (Wildman–Crippen LogP) is 10.9. The molecule has 2 aromatic heterocycles. The van der Waals surface area contributed by atoms with Crippen LogP contribution in [0.4, 0.5) is 0 Å². The lowest BCUT2D eigenvalue weighted by atomic mass is 10.0. The van der Waals surface area contributed by atoms with Crippen LogP contribution in [-0.2, 0) is 0 Å². The molecule has 2 heterocycles. The van der Waals surface area contributed by atoms with E-state index >= 15 is 0 Å². The Labute approximate surface area is 260 Å². The summed E-state index contributed by atoms with van der Waals surface area (Å²) in [5, 5.41) is 4.82. The average molecular weight is 574 g/mol. The summed E-state index contributed by atoms with van der Waals surface area (Å²) in [5.74, 6) is 0.821. The molecule has 0 radical (unpaired) electrons. The minimum atomic E-state index is 0.821. The van der Waals surface area contributed by atoms with Gasteiger partial charge in [0.2, 0.25) is 0 Å². The van der Waals surface area contributed by atoms with Crippen molar-refractivity contribution in [3.05, 3.63) is 164 Å². The molecule has 0 aliphatic heterocycles. The Hall–Kier alpha value is -6.06. The molecular formula is C42H27N3. The number of hydrogen-bond acceptors (Lipinski definition) is 2. The number of rotatable bonds is 4. The van der Waals surface area contributed by atoms with Gasteiger partial charge in [-0.1, -0.05) is 133 Å². The Bertz CT molecular complexity index is 2510. The van der Waals surface area contributed by atoms with Gasteiger partial charge < -0.3 is 0 Å². The highest BCUT2D eigenvalue weighted by molar-refractivity contribution is 6.14. The fourth-order valence-corrected chi connectivity index (χ4v) is 6.54. The molecule has 210 valence electrons. The first-order valence-corrected chi connectivity index (χ1v) is 15.3. The zero-order chi connectivity index (χ0) is 29.7. The monoisotopic (exact) mass is 573 g/mol. The van der Waals surface area contributed by atoms with Crippen LogP contribution >= 0.6 is 0 Å². The highest BCUT2D eigenvalue weighted by atomic mass is 15.1. The standard InChI is InChI=1S/C42H27N3/c1-3-11-28(12-4-1)30-19-21-31(22-20-30)41-42(44-38-26-34(23-24-37(38)43-41)29-13-5-2-6-14-29)45-39-18-10-9-17-35(39)36-25-32-15-7-8-16-33(32)27-40(36)45/h1-27H. The van der Waals surface area contributed by atoms with Crippen molar-refractivity contribution in [1.82, 2.24) is 14.5 Å². The fraction of sp³-hybridized carbons (Fsp3) is 0. The maximum Gasteiger partial charge on any atom is 0.165 e. The van der Waals surface area contributed by atoms with E-state index in [9.17, 15) is 0 Å². The normalized spacial score (nSPS) is 11.6. The molecule has 0 fully saturated rings. The quantitative estimate of drug-likeness (QED) is 0.210. The molecule has 3 nitrogen and oxygen atoms in total. The van der Waals surface area contributed by atoms with E-state index in [1.165, 1.54) is 32.7 Å². The Morgan fingerprint density at radius 1 is 0.356 bits per heavy atom. The number of benzene rings is 7. The van der Waals surface area contributed by atoms with Crippen molar-refractivity contribution in [2.75, 3.05) is 0 Å². The van der Waals surface area contributed by atoms with Crippen LogP contribution in [0.3, 0.4) is 0 Å². The lowest BCUT2D eigenvalue weighted by molar-refractivity contribution is 1.08. The van der Waals surface area contributed by atoms with Gasteiger partial charge in [0.1, 0.15) is 5.69 Å². The third-order valence-electron chi connectivity index (χ3n) is 8.77. The summed E-state index contributed by atoms with van der Waals surface area (Å²) in [6.45, 7) is 0. The lowest BCUT2D eigenvalue weighted by Gasteiger charge is -2.15. The van der Waals surface area contributed by atoms with Crippen molar-refractivity contribution < 1.29 is 0 Å². The summed E-state index contributed by atoms with van der Waals surface area (Å²) in [7, 11) is 0. The first-order chi connectivity index (χ1) is 22.3. The van der Waals surface area contributed by atoms with Crippen LogP contribution in [0.15, 0.2) is 164 Å². The Morgan fingerprint density at radius 2 is 0.933 bits per heavy atom. The van der Waals surface area contributed by atoms with Crippen LogP contribution < -0.4 is 0 Å². The number of aromatic nitrogens is 3. The van der Waals surface area contributed by atoms with E-state index in [0.29, 0.717) is 0 Å². The molecule has 0 bridgehead atoms. The van der Waals surface area contributed by atoms with Gasteiger partial charge in [0.15, 0.2) is 5.82 Å². The van der Waals surface area contributed by atoms with Gasteiger partial charge >= 0.3 is 0 Å². The first kappa shape index (κ1) is 25.4. The minimum absolute atomic E-state index is 0.821. The number of fused-ring (bicyclic) bond motifs is 5. The molecule has 3 heteroatoms.